The van der Waals surface area contributed by atoms with Crippen LogP contribution in [-0.4, -0.2) is 27.9 Å². The average Bonchev–Trinajstić information content (AvgIpc) is 2.71. The number of carbonyl (C=O) groups is 1. The molecule has 0 saturated heterocycles. The fraction of sp³-hybridized carbons (Fsp3) is 0.286. The highest BCUT2D eigenvalue weighted by molar-refractivity contribution is 7.99. The van der Waals surface area contributed by atoms with Crippen LogP contribution in [0.25, 0.3) is 10.9 Å². The van der Waals surface area contributed by atoms with E-state index in [9.17, 15) is 9.59 Å². The van der Waals surface area contributed by atoms with Crippen molar-refractivity contribution in [2.45, 2.75) is 31.5 Å². The number of esters is 1. The summed E-state index contributed by atoms with van der Waals surface area (Å²) in [5.41, 5.74) is 1.19. The van der Waals surface area contributed by atoms with Crippen LogP contribution in [0.15, 0.2) is 64.5 Å². The number of nitrogens with zero attached hydrogens (tertiary/aromatic N) is 2. The van der Waals surface area contributed by atoms with Crippen molar-refractivity contribution in [2.24, 2.45) is 0 Å². The van der Waals surface area contributed by atoms with E-state index in [1.54, 1.807) is 34.9 Å². The summed E-state index contributed by atoms with van der Waals surface area (Å²) in [4.78, 5) is 29.6. The van der Waals surface area contributed by atoms with E-state index in [0.29, 0.717) is 27.4 Å². The molecule has 1 atom stereocenters. The molecule has 6 heteroatoms. The molecule has 5 nitrogen and oxygen atoms in total. The highest BCUT2D eigenvalue weighted by Gasteiger charge is 2.15. The summed E-state index contributed by atoms with van der Waals surface area (Å²) in [6.45, 7) is 4.31. The van der Waals surface area contributed by atoms with Crippen LogP contribution in [0.4, 0.5) is 0 Å². The molecule has 27 heavy (non-hydrogen) atoms. The highest BCUT2D eigenvalue weighted by atomic mass is 32.2. The van der Waals surface area contributed by atoms with Gasteiger partial charge in [-0.25, -0.2) is 9.78 Å². The zero-order chi connectivity index (χ0) is 19.2. The number of ether oxygens (including phenoxy) is 1. The van der Waals surface area contributed by atoms with Crippen molar-refractivity contribution in [3.05, 3.63) is 70.5 Å². The Morgan fingerprint density at radius 3 is 2.59 bits per heavy atom. The maximum absolute atomic E-state index is 12.9. The van der Waals surface area contributed by atoms with E-state index in [0.717, 1.165) is 6.42 Å². The lowest BCUT2D eigenvalue weighted by Crippen LogP contribution is -2.26. The quantitative estimate of drug-likeness (QED) is 0.264. The first-order valence-corrected chi connectivity index (χ1v) is 9.96. The third-order valence-corrected chi connectivity index (χ3v) is 5.28. The van der Waals surface area contributed by atoms with Crippen LogP contribution >= 0.6 is 11.8 Å². The number of rotatable bonds is 7. The number of para-hydroxylation sites is 1. The van der Waals surface area contributed by atoms with Gasteiger partial charge >= 0.3 is 5.97 Å². The lowest BCUT2D eigenvalue weighted by Gasteiger charge is -2.18. The second kappa shape index (κ2) is 8.86. The minimum Gasteiger partial charge on any atom is -0.461 e. The Morgan fingerprint density at radius 1 is 1.15 bits per heavy atom. The molecule has 0 aliphatic heterocycles. The summed E-state index contributed by atoms with van der Waals surface area (Å²) in [5.74, 6) is 0.182. The van der Waals surface area contributed by atoms with Crippen molar-refractivity contribution in [1.29, 1.82) is 0 Å². The van der Waals surface area contributed by atoms with Gasteiger partial charge in [0.15, 0.2) is 5.16 Å². The van der Waals surface area contributed by atoms with E-state index in [1.807, 2.05) is 38.1 Å². The van der Waals surface area contributed by atoms with Crippen molar-refractivity contribution in [2.75, 3.05) is 12.4 Å². The number of carbonyl (C=O) groups excluding carboxylic acids is 1. The largest absolute Gasteiger partial charge is 0.461 e. The molecule has 0 fully saturated rings. The number of hydrogen-bond acceptors (Lipinski definition) is 5. The minimum atomic E-state index is -0.345. The second-order valence-electron chi connectivity index (χ2n) is 6.19. The van der Waals surface area contributed by atoms with E-state index in [1.165, 1.54) is 11.8 Å². The topological polar surface area (TPSA) is 61.2 Å². The Kier molecular flexibility index (Phi) is 6.29. The summed E-state index contributed by atoms with van der Waals surface area (Å²) >= 11 is 1.43. The zero-order valence-electron chi connectivity index (χ0n) is 15.4. The average molecular weight is 382 g/mol. The first-order chi connectivity index (χ1) is 13.1. The SMILES string of the molecule is CC[C@H](C)n1c(SCCOC(=O)c2ccccc2)nc2ccccc2c1=O. The smallest absolute Gasteiger partial charge is 0.338 e. The molecule has 1 aromatic heterocycles. The molecule has 0 aliphatic rings. The third kappa shape index (κ3) is 4.39. The summed E-state index contributed by atoms with van der Waals surface area (Å²) in [6.07, 6.45) is 0.830. The molecule has 1 heterocycles. The summed E-state index contributed by atoms with van der Waals surface area (Å²) in [7, 11) is 0. The molecule has 0 amide bonds. The second-order valence-corrected chi connectivity index (χ2v) is 7.26. The van der Waals surface area contributed by atoms with Crippen LogP contribution in [0, 0.1) is 0 Å². The van der Waals surface area contributed by atoms with E-state index in [-0.39, 0.29) is 24.2 Å². The lowest BCUT2D eigenvalue weighted by atomic mass is 10.2. The molecule has 0 bridgehead atoms. The predicted octanol–water partition coefficient (Wildman–Crippen LogP) is 4.32. The van der Waals surface area contributed by atoms with Gasteiger partial charge < -0.3 is 4.74 Å². The fourth-order valence-electron chi connectivity index (χ4n) is 2.72. The van der Waals surface area contributed by atoms with Crippen LogP contribution in [-0.2, 0) is 4.74 Å². The molecule has 0 spiro atoms. The molecule has 0 radical (unpaired) electrons. The van der Waals surface area contributed by atoms with Crippen molar-refractivity contribution >= 4 is 28.6 Å². The van der Waals surface area contributed by atoms with Crippen LogP contribution in [0.1, 0.15) is 36.7 Å². The van der Waals surface area contributed by atoms with Gasteiger partial charge in [-0.3, -0.25) is 9.36 Å². The lowest BCUT2D eigenvalue weighted by molar-refractivity contribution is 0.0530. The van der Waals surface area contributed by atoms with E-state index >= 15 is 0 Å². The number of benzene rings is 2. The standard InChI is InChI=1S/C21H22N2O3S/c1-3-15(2)23-19(24)17-11-7-8-12-18(17)22-21(23)27-14-13-26-20(25)16-9-5-4-6-10-16/h4-12,15H,3,13-14H2,1-2H3/t15-/m0/s1. The molecular weight excluding hydrogens is 360 g/mol. The van der Waals surface area contributed by atoms with Crippen LogP contribution in [0.3, 0.4) is 0 Å². The monoisotopic (exact) mass is 382 g/mol. The predicted molar refractivity (Wildman–Crippen MR) is 108 cm³/mol. The van der Waals surface area contributed by atoms with Crippen LogP contribution in [0.2, 0.25) is 0 Å². The summed E-state index contributed by atoms with van der Waals surface area (Å²) in [5, 5.41) is 1.28. The Morgan fingerprint density at radius 2 is 1.85 bits per heavy atom. The zero-order valence-corrected chi connectivity index (χ0v) is 16.2. The van der Waals surface area contributed by atoms with Crippen molar-refractivity contribution in [3.8, 4) is 0 Å². The third-order valence-electron chi connectivity index (χ3n) is 4.36. The number of fused-ring (bicyclic) bond motifs is 1. The molecule has 140 valence electrons. The first kappa shape index (κ1) is 19.2. The van der Waals surface area contributed by atoms with Gasteiger partial charge in [-0.2, -0.15) is 0 Å². The fourth-order valence-corrected chi connectivity index (χ4v) is 3.64. The number of thioether (sulfide) groups is 1. The molecule has 0 unspecified atom stereocenters. The van der Waals surface area contributed by atoms with Gasteiger partial charge in [-0.15, -0.1) is 0 Å². The van der Waals surface area contributed by atoms with E-state index in [4.69, 9.17) is 4.74 Å². The van der Waals surface area contributed by atoms with Crippen LogP contribution < -0.4 is 5.56 Å². The molecular formula is C21H22N2O3S. The van der Waals surface area contributed by atoms with E-state index < -0.39 is 0 Å². The number of aromatic nitrogens is 2. The first-order valence-electron chi connectivity index (χ1n) is 8.98. The molecule has 0 aliphatic carbocycles. The Balaban J connectivity index is 1.74. The van der Waals surface area contributed by atoms with Gasteiger partial charge in [-0.05, 0) is 37.6 Å². The van der Waals surface area contributed by atoms with Crippen molar-refractivity contribution in [3.63, 3.8) is 0 Å². The summed E-state index contributed by atoms with van der Waals surface area (Å²) < 4.78 is 7.06. The molecule has 2 aromatic carbocycles. The maximum atomic E-state index is 12.9. The minimum absolute atomic E-state index is 0.0290. The van der Waals surface area contributed by atoms with Gasteiger partial charge in [0, 0.05) is 11.8 Å². The highest BCUT2D eigenvalue weighted by Crippen LogP contribution is 2.22. The van der Waals surface area contributed by atoms with Gasteiger partial charge in [0.1, 0.15) is 6.61 Å². The molecule has 0 N–H and O–H groups in total. The van der Waals surface area contributed by atoms with Gasteiger partial charge in [-0.1, -0.05) is 49.0 Å². The van der Waals surface area contributed by atoms with E-state index in [2.05, 4.69) is 4.98 Å². The van der Waals surface area contributed by atoms with Gasteiger partial charge in [0.25, 0.3) is 5.56 Å². The van der Waals surface area contributed by atoms with Crippen LogP contribution in [0.5, 0.6) is 0 Å². The van der Waals surface area contributed by atoms with Gasteiger partial charge in [0.05, 0.1) is 16.5 Å². The molecule has 3 rings (SSSR count). The van der Waals surface area contributed by atoms with Crippen molar-refractivity contribution in [1.82, 2.24) is 9.55 Å². The Hall–Kier alpha value is -2.60. The van der Waals surface area contributed by atoms with Gasteiger partial charge in [0.2, 0.25) is 0 Å². The normalized spacial score (nSPS) is 12.1. The molecule has 3 aromatic rings. The maximum Gasteiger partial charge on any atom is 0.338 e. The molecule has 0 saturated carbocycles. The Bertz CT molecular complexity index is 986. The Labute approximate surface area is 162 Å². The number of hydrogen-bond donors (Lipinski definition) is 0. The summed E-state index contributed by atoms with van der Waals surface area (Å²) in [6, 6.07) is 16.3. The van der Waals surface area contributed by atoms with Crippen molar-refractivity contribution < 1.29 is 9.53 Å².